The summed E-state index contributed by atoms with van der Waals surface area (Å²) in [6, 6.07) is 9.65. The molecule has 2 atom stereocenters. The summed E-state index contributed by atoms with van der Waals surface area (Å²) in [6.07, 6.45) is 1.46. The van der Waals surface area contributed by atoms with Crippen LogP contribution in [-0.4, -0.2) is 27.9 Å². The third-order valence-electron chi connectivity index (χ3n) is 3.70. The average molecular weight is 263 g/mol. The Morgan fingerprint density at radius 2 is 2.05 bits per heavy atom. The number of nitrogens with zero attached hydrogens (tertiary/aromatic N) is 1. The van der Waals surface area contributed by atoms with Crippen molar-refractivity contribution in [2.45, 2.75) is 51.5 Å². The molecule has 0 radical (unpaired) electrons. The van der Waals surface area contributed by atoms with Crippen LogP contribution < -0.4 is 0 Å². The molecule has 1 N–H and O–H groups in total. The Balaban J connectivity index is 2.17. The molecular formula is C15H21NO3. The van der Waals surface area contributed by atoms with Gasteiger partial charge in [-0.2, -0.15) is 0 Å². The molecule has 1 aromatic carbocycles. The van der Waals surface area contributed by atoms with Crippen LogP contribution in [0.15, 0.2) is 30.3 Å². The van der Waals surface area contributed by atoms with Gasteiger partial charge in [0.2, 0.25) is 0 Å². The second-order valence-electron chi connectivity index (χ2n) is 5.08. The van der Waals surface area contributed by atoms with E-state index in [0.29, 0.717) is 13.0 Å². The molecule has 0 aliphatic carbocycles. The Kier molecular flexibility index (Phi) is 4.10. The van der Waals surface area contributed by atoms with Crippen molar-refractivity contribution < 1.29 is 14.6 Å². The molecule has 0 aromatic heterocycles. The van der Waals surface area contributed by atoms with Crippen LogP contribution in [0.5, 0.6) is 0 Å². The number of hydrogen-bond donors (Lipinski definition) is 1. The topological polar surface area (TPSA) is 49.8 Å². The van der Waals surface area contributed by atoms with Crippen LogP contribution in [0, 0.1) is 0 Å². The molecule has 1 fully saturated rings. The number of cyclic esters (lactones) is 1. The monoisotopic (exact) mass is 263 g/mol. The predicted octanol–water partition coefficient (Wildman–Crippen LogP) is 2.91. The van der Waals surface area contributed by atoms with Crippen LogP contribution in [0.3, 0.4) is 0 Å². The van der Waals surface area contributed by atoms with E-state index in [4.69, 9.17) is 4.74 Å². The number of amides is 1. The highest BCUT2D eigenvalue weighted by molar-refractivity contribution is 5.71. The first-order chi connectivity index (χ1) is 9.08. The highest BCUT2D eigenvalue weighted by atomic mass is 16.6. The van der Waals surface area contributed by atoms with Crippen LogP contribution in [0.1, 0.15) is 38.7 Å². The van der Waals surface area contributed by atoms with Gasteiger partial charge in [0.05, 0.1) is 6.54 Å². The van der Waals surface area contributed by atoms with Crippen molar-refractivity contribution in [2.24, 2.45) is 0 Å². The normalized spacial score (nSPS) is 26.6. The smallest absolute Gasteiger partial charge is 0.412 e. The Labute approximate surface area is 114 Å². The van der Waals surface area contributed by atoms with E-state index in [1.165, 1.54) is 4.90 Å². The number of aliphatic hydroxyl groups is 1. The fraction of sp³-hybridized carbons (Fsp3) is 0.533. The van der Waals surface area contributed by atoms with E-state index in [9.17, 15) is 9.90 Å². The largest absolute Gasteiger partial charge is 0.441 e. The summed E-state index contributed by atoms with van der Waals surface area (Å²) in [5.41, 5.74) is -0.202. The van der Waals surface area contributed by atoms with E-state index in [1.54, 1.807) is 6.92 Å². The lowest BCUT2D eigenvalue weighted by Gasteiger charge is -2.33. The zero-order valence-corrected chi connectivity index (χ0v) is 11.5. The number of ether oxygens (including phenoxy) is 1. The molecule has 1 aromatic rings. The highest BCUT2D eigenvalue weighted by Crippen LogP contribution is 2.34. The third kappa shape index (κ3) is 2.73. The first kappa shape index (κ1) is 13.9. The molecule has 0 spiro atoms. The van der Waals surface area contributed by atoms with Crippen LogP contribution in [0.25, 0.3) is 0 Å². The standard InChI is InChI=1S/C15H21NO3/c1-3-4-10-15(18)12(2)19-14(17)16(15)11-13-8-6-5-7-9-13/h5-9,12,18H,3-4,10-11H2,1-2H3/t12-,15+/m0/s1. The average Bonchev–Trinajstić information content (AvgIpc) is 2.62. The zero-order valence-electron chi connectivity index (χ0n) is 11.5. The van der Waals surface area contributed by atoms with Gasteiger partial charge in [-0.05, 0) is 25.3 Å². The number of rotatable bonds is 5. The molecule has 1 amide bonds. The molecule has 4 nitrogen and oxygen atoms in total. The molecule has 1 saturated heterocycles. The molecule has 0 bridgehead atoms. The molecule has 19 heavy (non-hydrogen) atoms. The zero-order chi connectivity index (χ0) is 13.9. The van der Waals surface area contributed by atoms with Crippen LogP contribution in [-0.2, 0) is 11.3 Å². The third-order valence-corrected chi connectivity index (χ3v) is 3.70. The minimum Gasteiger partial charge on any atom is -0.441 e. The molecule has 1 aliphatic heterocycles. The van der Waals surface area contributed by atoms with Gasteiger partial charge in [0, 0.05) is 0 Å². The molecular weight excluding hydrogens is 242 g/mol. The van der Waals surface area contributed by atoms with Crippen molar-refractivity contribution in [1.82, 2.24) is 4.90 Å². The summed E-state index contributed by atoms with van der Waals surface area (Å²) in [7, 11) is 0. The first-order valence-corrected chi connectivity index (χ1v) is 6.82. The maximum Gasteiger partial charge on any atom is 0.412 e. The molecule has 0 unspecified atom stereocenters. The lowest BCUT2D eigenvalue weighted by atomic mass is 9.99. The van der Waals surface area contributed by atoms with Gasteiger partial charge < -0.3 is 9.84 Å². The van der Waals surface area contributed by atoms with Crippen molar-refractivity contribution in [3.63, 3.8) is 0 Å². The second-order valence-corrected chi connectivity index (χ2v) is 5.08. The van der Waals surface area contributed by atoms with Gasteiger partial charge in [-0.15, -0.1) is 0 Å². The molecule has 2 rings (SSSR count). The van der Waals surface area contributed by atoms with Gasteiger partial charge in [0.15, 0.2) is 5.72 Å². The lowest BCUT2D eigenvalue weighted by molar-refractivity contribution is -0.104. The van der Waals surface area contributed by atoms with Crippen molar-refractivity contribution in [3.05, 3.63) is 35.9 Å². The van der Waals surface area contributed by atoms with Gasteiger partial charge in [-0.25, -0.2) is 4.79 Å². The van der Waals surface area contributed by atoms with E-state index in [-0.39, 0.29) is 0 Å². The Morgan fingerprint density at radius 3 is 2.68 bits per heavy atom. The summed E-state index contributed by atoms with van der Waals surface area (Å²) in [5, 5.41) is 10.8. The molecule has 4 heteroatoms. The fourth-order valence-electron chi connectivity index (χ4n) is 2.43. The lowest BCUT2D eigenvalue weighted by Crippen LogP contribution is -2.49. The Bertz CT molecular complexity index is 434. The summed E-state index contributed by atoms with van der Waals surface area (Å²) in [4.78, 5) is 13.4. The van der Waals surface area contributed by atoms with E-state index in [0.717, 1.165) is 18.4 Å². The summed E-state index contributed by atoms with van der Waals surface area (Å²) < 4.78 is 5.20. The summed E-state index contributed by atoms with van der Waals surface area (Å²) in [5.74, 6) is 0. The number of benzene rings is 1. The van der Waals surface area contributed by atoms with Gasteiger partial charge in [-0.3, -0.25) is 4.90 Å². The molecule has 0 saturated carbocycles. The quantitative estimate of drug-likeness (QED) is 0.888. The second kappa shape index (κ2) is 5.61. The Morgan fingerprint density at radius 1 is 1.37 bits per heavy atom. The highest BCUT2D eigenvalue weighted by Gasteiger charge is 2.51. The summed E-state index contributed by atoms with van der Waals surface area (Å²) >= 11 is 0. The predicted molar refractivity (Wildman–Crippen MR) is 72.4 cm³/mol. The minimum absolute atomic E-state index is 0.379. The number of unbranched alkanes of at least 4 members (excludes halogenated alkanes) is 1. The summed E-state index contributed by atoms with van der Waals surface area (Å²) in [6.45, 7) is 4.19. The van der Waals surface area contributed by atoms with E-state index < -0.39 is 17.9 Å². The first-order valence-electron chi connectivity index (χ1n) is 6.82. The van der Waals surface area contributed by atoms with Gasteiger partial charge in [-0.1, -0.05) is 43.7 Å². The molecule has 1 heterocycles. The fourth-order valence-corrected chi connectivity index (χ4v) is 2.43. The number of hydrogen-bond acceptors (Lipinski definition) is 3. The van der Waals surface area contributed by atoms with Crippen LogP contribution >= 0.6 is 0 Å². The maximum atomic E-state index is 11.9. The minimum atomic E-state index is -1.19. The molecule has 104 valence electrons. The molecule has 1 aliphatic rings. The van der Waals surface area contributed by atoms with E-state index >= 15 is 0 Å². The van der Waals surface area contributed by atoms with Gasteiger partial charge in [0.1, 0.15) is 6.10 Å². The van der Waals surface area contributed by atoms with Gasteiger partial charge in [0.25, 0.3) is 0 Å². The van der Waals surface area contributed by atoms with Crippen LogP contribution in [0.2, 0.25) is 0 Å². The van der Waals surface area contributed by atoms with Crippen molar-refractivity contribution >= 4 is 6.09 Å². The van der Waals surface area contributed by atoms with E-state index in [2.05, 4.69) is 6.92 Å². The SMILES string of the molecule is CCCC[C@@]1(O)[C@H](C)OC(=O)N1Cc1ccccc1. The number of carbonyl (C=O) groups excluding carboxylic acids is 1. The van der Waals surface area contributed by atoms with E-state index in [1.807, 2.05) is 30.3 Å². The Hall–Kier alpha value is -1.55. The number of carbonyl (C=O) groups is 1. The van der Waals surface area contributed by atoms with Crippen molar-refractivity contribution in [1.29, 1.82) is 0 Å². The van der Waals surface area contributed by atoms with Crippen LogP contribution in [0.4, 0.5) is 4.79 Å². The van der Waals surface area contributed by atoms with Crippen molar-refractivity contribution in [2.75, 3.05) is 0 Å². The maximum absolute atomic E-state index is 11.9. The van der Waals surface area contributed by atoms with Crippen molar-refractivity contribution in [3.8, 4) is 0 Å². The van der Waals surface area contributed by atoms with Gasteiger partial charge >= 0.3 is 6.09 Å².